The summed E-state index contributed by atoms with van der Waals surface area (Å²) in [6.45, 7) is 2.22. The van der Waals surface area contributed by atoms with Gasteiger partial charge in [-0.2, -0.15) is 0 Å². The molecule has 1 saturated carbocycles. The summed E-state index contributed by atoms with van der Waals surface area (Å²) in [5, 5.41) is 2.91. The molecule has 0 N–H and O–H groups in total. The molecule has 17 heavy (non-hydrogen) atoms. The Morgan fingerprint density at radius 2 is 2.35 bits per heavy atom. The summed E-state index contributed by atoms with van der Waals surface area (Å²) >= 11 is 1.57. The Morgan fingerprint density at radius 1 is 1.59 bits per heavy atom. The third-order valence-corrected chi connectivity index (χ3v) is 4.20. The molecule has 0 unspecified atom stereocenters. The molecule has 1 aliphatic rings. The van der Waals surface area contributed by atoms with E-state index in [-0.39, 0.29) is 18.0 Å². The van der Waals surface area contributed by atoms with Crippen LogP contribution in [0, 0.1) is 0 Å². The fraction of sp³-hybridized carbons (Fsp3) is 0.667. The number of methoxy groups -OCH3 is 1. The lowest BCUT2D eigenvalue weighted by Gasteiger charge is -2.38. The number of aromatic nitrogens is 1. The largest absolute Gasteiger partial charge is 0.466 e. The van der Waals surface area contributed by atoms with Crippen LogP contribution in [0.5, 0.6) is 0 Å². The standard InChI is InChI=1S/C12H17NO3S/c1-3-16-10(14)7-9-8-17-11(13-9)12(15-2)5-4-6-12/h8H,3-7H2,1-2H3. The highest BCUT2D eigenvalue weighted by Crippen LogP contribution is 2.45. The first-order chi connectivity index (χ1) is 8.20. The van der Waals surface area contributed by atoms with Gasteiger partial charge in [0, 0.05) is 12.5 Å². The van der Waals surface area contributed by atoms with E-state index in [0.29, 0.717) is 6.61 Å². The molecule has 4 nitrogen and oxygen atoms in total. The van der Waals surface area contributed by atoms with E-state index in [4.69, 9.17) is 9.47 Å². The van der Waals surface area contributed by atoms with Gasteiger partial charge in [-0.25, -0.2) is 4.98 Å². The zero-order valence-corrected chi connectivity index (χ0v) is 11.0. The third-order valence-electron chi connectivity index (χ3n) is 3.12. The highest BCUT2D eigenvalue weighted by Gasteiger charge is 2.41. The number of esters is 1. The van der Waals surface area contributed by atoms with Gasteiger partial charge in [0.2, 0.25) is 0 Å². The topological polar surface area (TPSA) is 48.4 Å². The minimum atomic E-state index is -0.218. The Bertz CT molecular complexity index is 393. The fourth-order valence-corrected chi connectivity index (χ4v) is 3.02. The van der Waals surface area contributed by atoms with E-state index in [2.05, 4.69) is 4.98 Å². The molecule has 1 aromatic rings. The van der Waals surface area contributed by atoms with E-state index in [1.807, 2.05) is 5.38 Å². The van der Waals surface area contributed by atoms with Crippen LogP contribution in [0.25, 0.3) is 0 Å². The summed E-state index contributed by atoms with van der Waals surface area (Å²) in [6.07, 6.45) is 3.48. The van der Waals surface area contributed by atoms with Crippen molar-refractivity contribution in [2.45, 2.75) is 38.2 Å². The van der Waals surface area contributed by atoms with E-state index >= 15 is 0 Å². The average molecular weight is 255 g/mol. The summed E-state index contributed by atoms with van der Waals surface area (Å²) in [7, 11) is 1.73. The normalized spacial score (nSPS) is 17.5. The predicted octanol–water partition coefficient (Wildman–Crippen LogP) is 2.27. The number of thiazole rings is 1. The number of nitrogens with zero attached hydrogens (tertiary/aromatic N) is 1. The summed E-state index contributed by atoms with van der Waals surface area (Å²) in [5.74, 6) is -0.218. The Labute approximate surface area is 105 Å². The number of rotatable bonds is 5. The smallest absolute Gasteiger partial charge is 0.311 e. The van der Waals surface area contributed by atoms with E-state index in [9.17, 15) is 4.79 Å². The maximum atomic E-state index is 11.3. The van der Waals surface area contributed by atoms with Crippen molar-refractivity contribution in [3.8, 4) is 0 Å². The molecule has 0 amide bonds. The summed E-state index contributed by atoms with van der Waals surface area (Å²) in [6, 6.07) is 0. The maximum absolute atomic E-state index is 11.3. The Kier molecular flexibility index (Phi) is 3.79. The molecule has 1 aromatic heterocycles. The van der Waals surface area contributed by atoms with Gasteiger partial charge in [-0.05, 0) is 26.2 Å². The molecule has 0 atom stereocenters. The van der Waals surface area contributed by atoms with Crippen molar-refractivity contribution in [1.82, 2.24) is 4.98 Å². The van der Waals surface area contributed by atoms with Gasteiger partial charge < -0.3 is 9.47 Å². The fourth-order valence-electron chi connectivity index (χ4n) is 1.96. The zero-order valence-electron chi connectivity index (χ0n) is 10.2. The monoisotopic (exact) mass is 255 g/mol. The molecule has 1 aliphatic carbocycles. The quantitative estimate of drug-likeness (QED) is 0.757. The highest BCUT2D eigenvalue weighted by atomic mass is 32.1. The van der Waals surface area contributed by atoms with Crippen molar-refractivity contribution < 1.29 is 14.3 Å². The van der Waals surface area contributed by atoms with Crippen LogP contribution in [-0.4, -0.2) is 24.7 Å². The SMILES string of the molecule is CCOC(=O)Cc1csc(C2(OC)CCC2)n1. The van der Waals surface area contributed by atoms with E-state index in [0.717, 1.165) is 23.5 Å². The van der Waals surface area contributed by atoms with Gasteiger partial charge in [-0.1, -0.05) is 0 Å². The highest BCUT2D eigenvalue weighted by molar-refractivity contribution is 7.09. The van der Waals surface area contributed by atoms with Crippen LogP contribution in [-0.2, 0) is 26.3 Å². The lowest BCUT2D eigenvalue weighted by molar-refractivity contribution is -0.142. The van der Waals surface area contributed by atoms with Crippen LogP contribution >= 0.6 is 11.3 Å². The van der Waals surface area contributed by atoms with Crippen LogP contribution in [0.4, 0.5) is 0 Å². The van der Waals surface area contributed by atoms with Gasteiger partial charge in [0.05, 0.1) is 18.7 Å². The molecule has 94 valence electrons. The minimum Gasteiger partial charge on any atom is -0.466 e. The average Bonchev–Trinajstić information content (AvgIpc) is 2.66. The van der Waals surface area contributed by atoms with Gasteiger partial charge in [-0.15, -0.1) is 11.3 Å². The maximum Gasteiger partial charge on any atom is 0.311 e. The number of ether oxygens (including phenoxy) is 2. The van der Waals surface area contributed by atoms with Gasteiger partial charge in [0.15, 0.2) is 0 Å². The summed E-state index contributed by atoms with van der Waals surface area (Å²) in [4.78, 5) is 15.8. The van der Waals surface area contributed by atoms with Crippen LogP contribution in [0.1, 0.15) is 36.9 Å². The van der Waals surface area contributed by atoms with Gasteiger partial charge in [-0.3, -0.25) is 4.79 Å². The molecular weight excluding hydrogens is 238 g/mol. The first kappa shape index (κ1) is 12.5. The number of carbonyl (C=O) groups excluding carboxylic acids is 1. The molecule has 0 aliphatic heterocycles. The van der Waals surface area contributed by atoms with Crippen molar-refractivity contribution in [3.05, 3.63) is 16.1 Å². The first-order valence-corrected chi connectivity index (χ1v) is 6.74. The Hall–Kier alpha value is -0.940. The second-order valence-corrected chi connectivity index (χ2v) is 5.04. The Morgan fingerprint density at radius 3 is 2.88 bits per heavy atom. The molecule has 0 spiro atoms. The summed E-state index contributed by atoms with van der Waals surface area (Å²) in [5.41, 5.74) is 0.601. The van der Waals surface area contributed by atoms with Gasteiger partial charge >= 0.3 is 5.97 Å². The van der Waals surface area contributed by atoms with Crippen molar-refractivity contribution in [3.63, 3.8) is 0 Å². The van der Waals surface area contributed by atoms with Crippen LogP contribution in [0.15, 0.2) is 5.38 Å². The molecule has 0 radical (unpaired) electrons. The Balaban J connectivity index is 2.03. The lowest BCUT2D eigenvalue weighted by Crippen LogP contribution is -2.35. The van der Waals surface area contributed by atoms with Crippen molar-refractivity contribution in [1.29, 1.82) is 0 Å². The van der Waals surface area contributed by atoms with E-state index < -0.39 is 0 Å². The molecule has 1 fully saturated rings. The number of hydrogen-bond donors (Lipinski definition) is 0. The molecule has 0 bridgehead atoms. The number of hydrogen-bond acceptors (Lipinski definition) is 5. The second-order valence-electron chi connectivity index (χ2n) is 4.18. The van der Waals surface area contributed by atoms with Crippen LogP contribution in [0.2, 0.25) is 0 Å². The van der Waals surface area contributed by atoms with Crippen LogP contribution in [0.3, 0.4) is 0 Å². The van der Waals surface area contributed by atoms with Gasteiger partial charge in [0.1, 0.15) is 10.6 Å². The molecule has 0 saturated heterocycles. The third kappa shape index (κ3) is 2.50. The molecule has 2 rings (SSSR count). The zero-order chi connectivity index (χ0) is 12.3. The summed E-state index contributed by atoms with van der Waals surface area (Å²) < 4.78 is 10.5. The number of carbonyl (C=O) groups is 1. The van der Waals surface area contributed by atoms with Crippen molar-refractivity contribution >= 4 is 17.3 Å². The first-order valence-electron chi connectivity index (χ1n) is 5.86. The van der Waals surface area contributed by atoms with Crippen molar-refractivity contribution in [2.24, 2.45) is 0 Å². The molecule has 1 heterocycles. The minimum absolute atomic E-state index is 0.183. The molecule has 5 heteroatoms. The lowest BCUT2D eigenvalue weighted by atomic mass is 9.80. The van der Waals surface area contributed by atoms with Crippen LogP contribution < -0.4 is 0 Å². The van der Waals surface area contributed by atoms with Crippen molar-refractivity contribution in [2.75, 3.05) is 13.7 Å². The second kappa shape index (κ2) is 5.14. The molecular formula is C12H17NO3S. The predicted molar refractivity (Wildman–Crippen MR) is 65.0 cm³/mol. The van der Waals surface area contributed by atoms with E-state index in [1.165, 1.54) is 6.42 Å². The van der Waals surface area contributed by atoms with E-state index in [1.54, 1.807) is 25.4 Å². The van der Waals surface area contributed by atoms with Gasteiger partial charge in [0.25, 0.3) is 0 Å². The molecule has 0 aromatic carbocycles.